The van der Waals surface area contributed by atoms with E-state index in [9.17, 15) is 4.79 Å². The molecule has 2 heterocycles. The Kier molecular flexibility index (Phi) is 3.78. The monoisotopic (exact) mass is 260 g/mol. The van der Waals surface area contributed by atoms with E-state index in [1.54, 1.807) is 6.20 Å². The molecule has 0 radical (unpaired) electrons. The maximum atomic E-state index is 12.4. The van der Waals surface area contributed by atoms with E-state index < -0.39 is 0 Å². The molecule has 2 aliphatic rings. The van der Waals surface area contributed by atoms with Crippen LogP contribution in [0.3, 0.4) is 0 Å². The van der Waals surface area contributed by atoms with Crippen LogP contribution in [0.2, 0.25) is 0 Å². The van der Waals surface area contributed by atoms with Crippen molar-refractivity contribution in [3.05, 3.63) is 30.1 Å². The summed E-state index contributed by atoms with van der Waals surface area (Å²) >= 11 is 0. The lowest BCUT2D eigenvalue weighted by atomic mass is 10.1. The van der Waals surface area contributed by atoms with Crippen molar-refractivity contribution >= 4 is 5.91 Å². The first-order valence-electron chi connectivity index (χ1n) is 7.14. The normalized spacial score (nSPS) is 22.4. The van der Waals surface area contributed by atoms with Crippen molar-refractivity contribution in [2.75, 3.05) is 6.61 Å². The molecule has 1 amide bonds. The Morgan fingerprint density at radius 1 is 1.37 bits per heavy atom. The van der Waals surface area contributed by atoms with Gasteiger partial charge < -0.3 is 9.64 Å². The van der Waals surface area contributed by atoms with Gasteiger partial charge in [0.1, 0.15) is 0 Å². The average Bonchev–Trinajstić information content (AvgIpc) is 3.15. The van der Waals surface area contributed by atoms with Gasteiger partial charge in [0, 0.05) is 18.8 Å². The second-order valence-corrected chi connectivity index (χ2v) is 5.41. The van der Waals surface area contributed by atoms with Gasteiger partial charge in [0.2, 0.25) is 5.91 Å². The first kappa shape index (κ1) is 12.6. The van der Waals surface area contributed by atoms with Gasteiger partial charge in [0.05, 0.1) is 24.8 Å². The molecule has 0 aromatic carbocycles. The summed E-state index contributed by atoms with van der Waals surface area (Å²) < 4.78 is 5.56. The Labute approximate surface area is 113 Å². The Balaban J connectivity index is 1.61. The lowest BCUT2D eigenvalue weighted by Gasteiger charge is -2.23. The number of carbonyl (C=O) groups excluding carboxylic acids is 1. The quantitative estimate of drug-likeness (QED) is 0.814. The molecule has 19 heavy (non-hydrogen) atoms. The van der Waals surface area contributed by atoms with E-state index in [-0.39, 0.29) is 12.0 Å². The molecule has 1 aromatic heterocycles. The van der Waals surface area contributed by atoms with Gasteiger partial charge in [-0.05, 0) is 37.8 Å². The minimum atomic E-state index is 0.137. The molecule has 102 valence electrons. The summed E-state index contributed by atoms with van der Waals surface area (Å²) in [5, 5.41) is 0. The standard InChI is InChI=1S/C15H20N2O2/c18-15(10-14-5-3-9-19-14)17(13-6-7-13)11-12-4-1-2-8-16-12/h1-2,4,8,13-14H,3,5-7,9-11H2. The summed E-state index contributed by atoms with van der Waals surface area (Å²) in [6.45, 7) is 1.44. The van der Waals surface area contributed by atoms with Crippen LogP contribution in [0.4, 0.5) is 0 Å². The Hall–Kier alpha value is -1.42. The lowest BCUT2D eigenvalue weighted by Crippen LogP contribution is -2.35. The second-order valence-electron chi connectivity index (χ2n) is 5.41. The van der Waals surface area contributed by atoms with Gasteiger partial charge in [-0.3, -0.25) is 9.78 Å². The number of ether oxygens (including phenoxy) is 1. The summed E-state index contributed by atoms with van der Waals surface area (Å²) in [4.78, 5) is 18.7. The molecule has 1 saturated heterocycles. The molecule has 1 aromatic rings. The SMILES string of the molecule is O=C(CC1CCCO1)N(Cc1ccccn1)C1CC1. The van der Waals surface area contributed by atoms with Gasteiger partial charge in [-0.15, -0.1) is 0 Å². The summed E-state index contributed by atoms with van der Waals surface area (Å²) in [5.41, 5.74) is 0.968. The van der Waals surface area contributed by atoms with Crippen LogP contribution in [0.15, 0.2) is 24.4 Å². The number of pyridine rings is 1. The van der Waals surface area contributed by atoms with Gasteiger partial charge in [0.25, 0.3) is 0 Å². The largest absolute Gasteiger partial charge is 0.378 e. The Bertz CT molecular complexity index is 425. The molecule has 2 fully saturated rings. The smallest absolute Gasteiger partial charge is 0.225 e. The number of nitrogens with zero attached hydrogens (tertiary/aromatic N) is 2. The first-order chi connectivity index (χ1) is 9.33. The fourth-order valence-corrected chi connectivity index (χ4v) is 2.59. The van der Waals surface area contributed by atoms with Crippen molar-refractivity contribution in [1.82, 2.24) is 9.88 Å². The molecule has 1 atom stereocenters. The van der Waals surface area contributed by atoms with Crippen molar-refractivity contribution in [2.24, 2.45) is 0 Å². The van der Waals surface area contributed by atoms with Gasteiger partial charge in [-0.1, -0.05) is 6.07 Å². The molecule has 1 unspecified atom stereocenters. The molecule has 4 heteroatoms. The highest BCUT2D eigenvalue weighted by Crippen LogP contribution is 2.29. The topological polar surface area (TPSA) is 42.4 Å². The van der Waals surface area contributed by atoms with E-state index >= 15 is 0 Å². The Morgan fingerprint density at radius 2 is 2.26 bits per heavy atom. The zero-order valence-electron chi connectivity index (χ0n) is 11.1. The van der Waals surface area contributed by atoms with E-state index in [1.807, 2.05) is 23.1 Å². The van der Waals surface area contributed by atoms with Crippen molar-refractivity contribution in [3.63, 3.8) is 0 Å². The molecule has 4 nitrogen and oxygen atoms in total. The molecule has 1 aliphatic heterocycles. The number of rotatable bonds is 5. The van der Waals surface area contributed by atoms with Gasteiger partial charge in [-0.25, -0.2) is 0 Å². The highest BCUT2D eigenvalue weighted by molar-refractivity contribution is 5.77. The van der Waals surface area contributed by atoms with Crippen molar-refractivity contribution in [2.45, 2.75) is 50.8 Å². The number of hydrogen-bond donors (Lipinski definition) is 0. The van der Waals surface area contributed by atoms with Crippen molar-refractivity contribution in [3.8, 4) is 0 Å². The van der Waals surface area contributed by atoms with Crippen molar-refractivity contribution < 1.29 is 9.53 Å². The van der Waals surface area contributed by atoms with Crippen LogP contribution in [0.25, 0.3) is 0 Å². The molecule has 1 saturated carbocycles. The molecule has 1 aliphatic carbocycles. The molecule has 0 spiro atoms. The minimum Gasteiger partial charge on any atom is -0.378 e. The lowest BCUT2D eigenvalue weighted by molar-refractivity contribution is -0.134. The predicted molar refractivity (Wildman–Crippen MR) is 71.4 cm³/mol. The predicted octanol–water partition coefficient (Wildman–Crippen LogP) is 2.14. The number of aromatic nitrogens is 1. The van der Waals surface area contributed by atoms with E-state index in [0.717, 1.165) is 38.0 Å². The van der Waals surface area contributed by atoms with Crippen molar-refractivity contribution in [1.29, 1.82) is 0 Å². The van der Waals surface area contributed by atoms with E-state index in [0.29, 0.717) is 19.0 Å². The second kappa shape index (κ2) is 5.70. The summed E-state index contributed by atoms with van der Waals surface area (Å²) in [6, 6.07) is 6.28. The fourth-order valence-electron chi connectivity index (χ4n) is 2.59. The van der Waals surface area contributed by atoms with E-state index in [1.165, 1.54) is 0 Å². The maximum Gasteiger partial charge on any atom is 0.225 e. The van der Waals surface area contributed by atoms with Crippen LogP contribution < -0.4 is 0 Å². The third-order valence-corrected chi connectivity index (χ3v) is 3.79. The zero-order chi connectivity index (χ0) is 13.1. The van der Waals surface area contributed by atoms with E-state index in [2.05, 4.69) is 4.98 Å². The van der Waals surface area contributed by atoms with Crippen LogP contribution in [0.5, 0.6) is 0 Å². The molecule has 0 N–H and O–H groups in total. The van der Waals surface area contributed by atoms with Crippen LogP contribution in [-0.2, 0) is 16.1 Å². The first-order valence-corrected chi connectivity index (χ1v) is 7.14. The summed E-state index contributed by atoms with van der Waals surface area (Å²) in [6.07, 6.45) is 6.82. The van der Waals surface area contributed by atoms with Gasteiger partial charge >= 0.3 is 0 Å². The molecule has 3 rings (SSSR count). The molecule has 0 bridgehead atoms. The fraction of sp³-hybridized carbons (Fsp3) is 0.600. The molecular formula is C15H20N2O2. The van der Waals surface area contributed by atoms with Crippen LogP contribution >= 0.6 is 0 Å². The number of hydrogen-bond acceptors (Lipinski definition) is 3. The van der Waals surface area contributed by atoms with Crippen LogP contribution in [0, 0.1) is 0 Å². The number of amides is 1. The highest BCUT2D eigenvalue weighted by atomic mass is 16.5. The third-order valence-electron chi connectivity index (χ3n) is 3.79. The molecular weight excluding hydrogens is 240 g/mol. The average molecular weight is 260 g/mol. The Morgan fingerprint density at radius 3 is 2.89 bits per heavy atom. The summed E-state index contributed by atoms with van der Waals surface area (Å²) in [7, 11) is 0. The van der Waals surface area contributed by atoms with Crippen LogP contribution in [0.1, 0.15) is 37.8 Å². The third kappa shape index (κ3) is 3.32. The van der Waals surface area contributed by atoms with Crippen LogP contribution in [-0.4, -0.2) is 34.5 Å². The summed E-state index contributed by atoms with van der Waals surface area (Å²) in [5.74, 6) is 0.222. The van der Waals surface area contributed by atoms with Gasteiger partial charge in [-0.2, -0.15) is 0 Å². The maximum absolute atomic E-state index is 12.4. The highest BCUT2D eigenvalue weighted by Gasteiger charge is 2.34. The minimum absolute atomic E-state index is 0.137. The van der Waals surface area contributed by atoms with Gasteiger partial charge in [0.15, 0.2) is 0 Å². The van der Waals surface area contributed by atoms with E-state index in [4.69, 9.17) is 4.74 Å². The number of carbonyl (C=O) groups is 1. The zero-order valence-corrected chi connectivity index (χ0v) is 11.1.